The van der Waals surface area contributed by atoms with Crippen LogP contribution in [0.5, 0.6) is 0 Å². The Morgan fingerprint density at radius 2 is 1.90 bits per heavy atom. The molecule has 0 fully saturated rings. The molecule has 144 valence electrons. The zero-order valence-corrected chi connectivity index (χ0v) is 17.5. The minimum absolute atomic E-state index is 0.0567. The Balaban J connectivity index is 1.66. The molecular weight excluding hydrogens is 404 g/mol. The molecule has 5 nitrogen and oxygen atoms in total. The quantitative estimate of drug-likeness (QED) is 0.379. The average Bonchev–Trinajstić information content (AvgIpc) is 3.41. The number of hydrogen-bond donors (Lipinski definition) is 0. The lowest BCUT2D eigenvalue weighted by Gasteiger charge is -2.05. The summed E-state index contributed by atoms with van der Waals surface area (Å²) in [6.45, 7) is 3.97. The first-order valence-corrected chi connectivity index (χ1v) is 10.5. The zero-order valence-electron chi connectivity index (χ0n) is 15.9. The van der Waals surface area contributed by atoms with Crippen LogP contribution in [0.4, 0.5) is 0 Å². The van der Waals surface area contributed by atoms with Gasteiger partial charge >= 0.3 is 0 Å². The van der Waals surface area contributed by atoms with Crippen molar-refractivity contribution in [3.05, 3.63) is 76.0 Å². The van der Waals surface area contributed by atoms with Gasteiger partial charge in [-0.25, -0.2) is 9.67 Å². The number of hydrogen-bond acceptors (Lipinski definition) is 4. The monoisotopic (exact) mass is 420 g/mol. The molecule has 0 amide bonds. The van der Waals surface area contributed by atoms with E-state index in [1.807, 2.05) is 73.1 Å². The second-order valence-corrected chi connectivity index (χ2v) is 8.28. The highest BCUT2D eigenvalue weighted by atomic mass is 35.5. The Bertz CT molecular complexity index is 1380. The summed E-state index contributed by atoms with van der Waals surface area (Å²) >= 11 is 7.47. The van der Waals surface area contributed by atoms with Gasteiger partial charge in [0.05, 0.1) is 27.3 Å². The second-order valence-electron chi connectivity index (χ2n) is 6.81. The predicted octanol–water partition coefficient (Wildman–Crippen LogP) is 5.65. The zero-order chi connectivity index (χ0) is 20.1. The van der Waals surface area contributed by atoms with Gasteiger partial charge in [-0.1, -0.05) is 30.7 Å². The molecule has 0 radical (unpaired) electrons. The summed E-state index contributed by atoms with van der Waals surface area (Å²) in [5, 5.41) is 6.31. The summed E-state index contributed by atoms with van der Waals surface area (Å²) in [7, 11) is 0. The number of carbonyl (C=O) groups excluding carboxylic acids is 1. The fourth-order valence-electron chi connectivity index (χ4n) is 3.56. The van der Waals surface area contributed by atoms with E-state index in [2.05, 4.69) is 10.1 Å². The molecule has 3 aromatic heterocycles. The van der Waals surface area contributed by atoms with Crippen molar-refractivity contribution in [1.82, 2.24) is 19.3 Å². The van der Waals surface area contributed by atoms with Crippen LogP contribution >= 0.6 is 22.9 Å². The maximum Gasteiger partial charge on any atom is 0.274 e. The number of aryl methyl sites for hydroxylation is 2. The minimum atomic E-state index is -0.0567. The van der Waals surface area contributed by atoms with E-state index in [0.29, 0.717) is 16.3 Å². The Labute approximate surface area is 176 Å². The molecule has 0 aliphatic rings. The van der Waals surface area contributed by atoms with Crippen LogP contribution in [-0.2, 0) is 6.42 Å². The van der Waals surface area contributed by atoms with E-state index >= 15 is 0 Å². The number of thiophene rings is 1. The van der Waals surface area contributed by atoms with Crippen molar-refractivity contribution >= 4 is 50.1 Å². The van der Waals surface area contributed by atoms with E-state index in [4.69, 9.17) is 11.6 Å². The van der Waals surface area contributed by atoms with E-state index < -0.39 is 0 Å². The van der Waals surface area contributed by atoms with Gasteiger partial charge in [0, 0.05) is 16.8 Å². The van der Waals surface area contributed by atoms with Gasteiger partial charge < -0.3 is 0 Å². The van der Waals surface area contributed by atoms with Gasteiger partial charge in [0.1, 0.15) is 10.7 Å². The molecule has 0 saturated heterocycles. The number of nitrogens with zero attached hydrogens (tertiary/aromatic N) is 4. The number of rotatable bonds is 3. The van der Waals surface area contributed by atoms with Crippen molar-refractivity contribution in [2.45, 2.75) is 20.3 Å². The second kappa shape index (κ2) is 6.83. The largest absolute Gasteiger partial charge is 0.274 e. The van der Waals surface area contributed by atoms with Crippen molar-refractivity contribution < 1.29 is 4.79 Å². The third kappa shape index (κ3) is 2.87. The Hall–Kier alpha value is -2.96. The summed E-state index contributed by atoms with van der Waals surface area (Å²) in [6.07, 6.45) is 0.683. The number of benzene rings is 2. The number of para-hydroxylation sites is 2. The first-order valence-electron chi connectivity index (χ1n) is 9.33. The van der Waals surface area contributed by atoms with Crippen LogP contribution in [0.15, 0.2) is 54.6 Å². The minimum Gasteiger partial charge on any atom is -0.267 e. The number of imidazole rings is 1. The SMILES string of the molecule is CCc1nc2ccccc2n1C(=O)c1cc2c(C)nn(-c3ccc(Cl)cc3)c2s1. The van der Waals surface area contributed by atoms with Crippen LogP contribution in [0.1, 0.15) is 28.1 Å². The molecule has 3 heterocycles. The molecular formula is C22H17ClN4OS. The Morgan fingerprint density at radius 3 is 2.66 bits per heavy atom. The molecule has 0 saturated carbocycles. The highest BCUT2D eigenvalue weighted by Gasteiger charge is 2.22. The molecule has 0 aliphatic carbocycles. The van der Waals surface area contributed by atoms with Gasteiger partial charge in [-0.3, -0.25) is 9.36 Å². The van der Waals surface area contributed by atoms with Crippen LogP contribution in [0.25, 0.3) is 26.9 Å². The van der Waals surface area contributed by atoms with E-state index in [0.717, 1.165) is 38.5 Å². The molecule has 0 N–H and O–H groups in total. The molecule has 5 rings (SSSR count). The standard InChI is InChI=1S/C22H17ClN4OS/c1-3-20-24-17-6-4-5-7-18(17)26(20)21(28)19-12-16-13(2)25-27(22(16)29-19)15-10-8-14(23)9-11-15/h4-12H,3H2,1-2H3. The third-order valence-electron chi connectivity index (χ3n) is 4.98. The van der Waals surface area contributed by atoms with Crippen molar-refractivity contribution in [1.29, 1.82) is 0 Å². The first kappa shape index (κ1) is 18.1. The van der Waals surface area contributed by atoms with E-state index in [1.54, 1.807) is 4.57 Å². The normalized spacial score (nSPS) is 11.6. The van der Waals surface area contributed by atoms with Crippen LogP contribution in [0.2, 0.25) is 5.02 Å². The highest BCUT2D eigenvalue weighted by molar-refractivity contribution is 7.20. The Kier molecular flexibility index (Phi) is 4.26. The number of carbonyl (C=O) groups is 1. The van der Waals surface area contributed by atoms with E-state index in [-0.39, 0.29) is 5.91 Å². The molecule has 0 spiro atoms. The van der Waals surface area contributed by atoms with E-state index in [9.17, 15) is 4.79 Å². The summed E-state index contributed by atoms with van der Waals surface area (Å²) in [4.78, 5) is 19.7. The fraction of sp³-hybridized carbons (Fsp3) is 0.136. The number of halogens is 1. The molecule has 0 bridgehead atoms. The topological polar surface area (TPSA) is 52.7 Å². The van der Waals surface area contributed by atoms with Crippen molar-refractivity contribution in [2.24, 2.45) is 0 Å². The molecule has 0 aliphatic heterocycles. The lowest BCUT2D eigenvalue weighted by Crippen LogP contribution is -2.13. The average molecular weight is 421 g/mol. The highest BCUT2D eigenvalue weighted by Crippen LogP contribution is 2.32. The van der Waals surface area contributed by atoms with Crippen molar-refractivity contribution in [3.8, 4) is 5.69 Å². The van der Waals surface area contributed by atoms with Gasteiger partial charge in [-0.15, -0.1) is 11.3 Å². The van der Waals surface area contributed by atoms with Crippen LogP contribution < -0.4 is 0 Å². The smallest absolute Gasteiger partial charge is 0.267 e. The number of aromatic nitrogens is 4. The molecule has 0 atom stereocenters. The third-order valence-corrected chi connectivity index (χ3v) is 6.33. The van der Waals surface area contributed by atoms with Crippen molar-refractivity contribution in [2.75, 3.05) is 0 Å². The summed E-state index contributed by atoms with van der Waals surface area (Å²) in [5.74, 6) is 0.712. The lowest BCUT2D eigenvalue weighted by atomic mass is 10.3. The number of fused-ring (bicyclic) bond motifs is 2. The Morgan fingerprint density at radius 1 is 1.14 bits per heavy atom. The van der Waals surface area contributed by atoms with Gasteiger partial charge in [0.2, 0.25) is 0 Å². The van der Waals surface area contributed by atoms with Gasteiger partial charge in [0.25, 0.3) is 5.91 Å². The van der Waals surface area contributed by atoms with Crippen molar-refractivity contribution in [3.63, 3.8) is 0 Å². The predicted molar refractivity (Wildman–Crippen MR) is 118 cm³/mol. The van der Waals surface area contributed by atoms with Gasteiger partial charge in [-0.05, 0) is 49.4 Å². The van der Waals surface area contributed by atoms with Crippen LogP contribution in [0.3, 0.4) is 0 Å². The van der Waals surface area contributed by atoms with Crippen LogP contribution in [-0.4, -0.2) is 25.2 Å². The van der Waals surface area contributed by atoms with E-state index in [1.165, 1.54) is 11.3 Å². The van der Waals surface area contributed by atoms with Crippen LogP contribution in [0, 0.1) is 6.92 Å². The molecule has 2 aromatic carbocycles. The van der Waals surface area contributed by atoms with Gasteiger partial charge in [0.15, 0.2) is 0 Å². The summed E-state index contributed by atoms with van der Waals surface area (Å²) in [6, 6.07) is 17.2. The molecule has 7 heteroatoms. The molecule has 0 unspecified atom stereocenters. The first-order chi connectivity index (χ1) is 14.1. The molecule has 29 heavy (non-hydrogen) atoms. The summed E-state index contributed by atoms with van der Waals surface area (Å²) in [5.41, 5.74) is 3.47. The fourth-order valence-corrected chi connectivity index (χ4v) is 4.80. The summed E-state index contributed by atoms with van der Waals surface area (Å²) < 4.78 is 3.60. The lowest BCUT2D eigenvalue weighted by molar-refractivity contribution is 0.0965. The maximum atomic E-state index is 13.5. The van der Waals surface area contributed by atoms with Gasteiger partial charge in [-0.2, -0.15) is 5.10 Å². The molecule has 5 aromatic rings. The maximum absolute atomic E-state index is 13.5.